The highest BCUT2D eigenvalue weighted by Gasteiger charge is 2.18. The van der Waals surface area contributed by atoms with Crippen LogP contribution in [0.2, 0.25) is 0 Å². The van der Waals surface area contributed by atoms with Crippen molar-refractivity contribution < 1.29 is 9.13 Å². The van der Waals surface area contributed by atoms with Crippen LogP contribution in [0.4, 0.5) is 4.39 Å². The van der Waals surface area contributed by atoms with Gasteiger partial charge in [0, 0.05) is 5.75 Å². The van der Waals surface area contributed by atoms with Gasteiger partial charge in [-0.3, -0.25) is 14.3 Å². The minimum atomic E-state index is -0.988. The van der Waals surface area contributed by atoms with Crippen LogP contribution in [0.5, 0.6) is 0 Å². The molecular weight excluding hydrogens is 223 g/mol. The third-order valence-electron chi connectivity index (χ3n) is 2.03. The van der Waals surface area contributed by atoms with Crippen molar-refractivity contribution in [2.24, 2.45) is 0 Å². The molecule has 0 aromatic carbocycles. The first-order chi connectivity index (χ1) is 7.18. The van der Waals surface area contributed by atoms with E-state index in [0.717, 1.165) is 16.5 Å². The van der Waals surface area contributed by atoms with Gasteiger partial charge in [0.1, 0.15) is 5.37 Å². The Morgan fingerprint density at radius 3 is 3.07 bits per heavy atom. The van der Waals surface area contributed by atoms with Gasteiger partial charge in [0.25, 0.3) is 5.56 Å². The molecule has 1 N–H and O–H groups in total. The Morgan fingerprint density at radius 2 is 2.40 bits per heavy atom. The number of rotatable bonds is 1. The van der Waals surface area contributed by atoms with Crippen molar-refractivity contribution in [1.29, 1.82) is 0 Å². The quantitative estimate of drug-likeness (QED) is 0.736. The van der Waals surface area contributed by atoms with Crippen LogP contribution in [0.1, 0.15) is 5.37 Å². The molecule has 1 aromatic heterocycles. The molecule has 15 heavy (non-hydrogen) atoms. The van der Waals surface area contributed by atoms with Crippen LogP contribution in [-0.4, -0.2) is 28.5 Å². The van der Waals surface area contributed by atoms with Gasteiger partial charge in [-0.15, -0.1) is 11.8 Å². The lowest BCUT2D eigenvalue weighted by Crippen LogP contribution is -2.35. The average molecular weight is 232 g/mol. The maximum atomic E-state index is 13.0. The predicted molar refractivity (Wildman–Crippen MR) is 53.6 cm³/mol. The van der Waals surface area contributed by atoms with Crippen LogP contribution in [0.15, 0.2) is 15.8 Å². The summed E-state index contributed by atoms with van der Waals surface area (Å²) in [5, 5.41) is -0.266. The second-order valence-electron chi connectivity index (χ2n) is 3.04. The molecule has 5 nitrogen and oxygen atoms in total. The lowest BCUT2D eigenvalue weighted by atomic mass is 10.5. The molecule has 0 spiro atoms. The predicted octanol–water partition coefficient (Wildman–Crippen LogP) is -0.0623. The maximum Gasteiger partial charge on any atom is 0.329 e. The molecule has 0 amide bonds. The minimum Gasteiger partial charge on any atom is -0.378 e. The van der Waals surface area contributed by atoms with E-state index in [9.17, 15) is 14.0 Å². The molecule has 0 bridgehead atoms. The Labute approximate surface area is 88.3 Å². The molecule has 0 aliphatic carbocycles. The van der Waals surface area contributed by atoms with E-state index in [1.54, 1.807) is 0 Å². The average Bonchev–Trinajstić information content (AvgIpc) is 2.25. The number of ether oxygens (including phenoxy) is 1. The lowest BCUT2D eigenvalue weighted by molar-refractivity contribution is 0.128. The number of aromatic amines is 1. The summed E-state index contributed by atoms with van der Waals surface area (Å²) in [7, 11) is 0. The molecule has 7 heteroatoms. The van der Waals surface area contributed by atoms with Crippen molar-refractivity contribution >= 4 is 11.8 Å². The van der Waals surface area contributed by atoms with Crippen molar-refractivity contribution in [2.75, 3.05) is 19.0 Å². The molecule has 1 aliphatic rings. The first-order valence-electron chi connectivity index (χ1n) is 4.39. The van der Waals surface area contributed by atoms with Crippen LogP contribution in [0.25, 0.3) is 0 Å². The first kappa shape index (κ1) is 10.4. The Kier molecular flexibility index (Phi) is 2.92. The van der Waals surface area contributed by atoms with Crippen LogP contribution in [0.3, 0.4) is 0 Å². The molecule has 1 unspecified atom stereocenters. The highest BCUT2D eigenvalue weighted by Crippen LogP contribution is 2.24. The molecule has 1 aliphatic heterocycles. The highest BCUT2D eigenvalue weighted by atomic mass is 32.2. The van der Waals surface area contributed by atoms with Gasteiger partial charge in [0.2, 0.25) is 5.82 Å². The zero-order valence-electron chi connectivity index (χ0n) is 7.73. The molecule has 82 valence electrons. The summed E-state index contributed by atoms with van der Waals surface area (Å²) in [6, 6.07) is 0. The van der Waals surface area contributed by atoms with Gasteiger partial charge in [-0.25, -0.2) is 4.79 Å². The summed E-state index contributed by atoms with van der Waals surface area (Å²) in [6.07, 6.45) is 0.924. The van der Waals surface area contributed by atoms with Crippen LogP contribution in [0, 0.1) is 5.82 Å². The Bertz CT molecular complexity index is 464. The fourth-order valence-corrected chi connectivity index (χ4v) is 2.31. The van der Waals surface area contributed by atoms with E-state index >= 15 is 0 Å². The minimum absolute atomic E-state index is 0.266. The van der Waals surface area contributed by atoms with Crippen molar-refractivity contribution in [1.82, 2.24) is 9.55 Å². The first-order valence-corrected chi connectivity index (χ1v) is 5.43. The van der Waals surface area contributed by atoms with E-state index in [4.69, 9.17) is 4.74 Å². The SMILES string of the molecule is O=c1[nH]c(=O)n(C2COCCS2)cc1F. The summed E-state index contributed by atoms with van der Waals surface area (Å²) < 4.78 is 19.3. The van der Waals surface area contributed by atoms with Crippen molar-refractivity contribution in [3.05, 3.63) is 32.9 Å². The summed E-state index contributed by atoms with van der Waals surface area (Å²) in [6.45, 7) is 0.970. The number of aromatic nitrogens is 2. The third-order valence-corrected chi connectivity index (χ3v) is 3.18. The molecule has 1 aromatic rings. The van der Waals surface area contributed by atoms with E-state index in [2.05, 4.69) is 0 Å². The summed E-state index contributed by atoms with van der Waals surface area (Å²) in [5.41, 5.74) is -1.60. The van der Waals surface area contributed by atoms with Crippen molar-refractivity contribution in [2.45, 2.75) is 5.37 Å². The van der Waals surface area contributed by atoms with E-state index in [1.165, 1.54) is 11.8 Å². The Hall–Kier alpha value is -1.08. The summed E-state index contributed by atoms with van der Waals surface area (Å²) >= 11 is 1.49. The third kappa shape index (κ3) is 2.13. The fourth-order valence-electron chi connectivity index (χ4n) is 1.31. The second-order valence-corrected chi connectivity index (χ2v) is 4.33. The van der Waals surface area contributed by atoms with Gasteiger partial charge in [0.05, 0.1) is 19.4 Å². The maximum absolute atomic E-state index is 13.0. The van der Waals surface area contributed by atoms with Crippen molar-refractivity contribution in [3.63, 3.8) is 0 Å². The second kappa shape index (κ2) is 4.19. The largest absolute Gasteiger partial charge is 0.378 e. The highest BCUT2D eigenvalue weighted by molar-refractivity contribution is 7.99. The smallest absolute Gasteiger partial charge is 0.329 e. The number of nitrogens with one attached hydrogen (secondary N) is 1. The molecule has 1 saturated heterocycles. The number of hydrogen-bond acceptors (Lipinski definition) is 4. The van der Waals surface area contributed by atoms with Crippen LogP contribution >= 0.6 is 11.8 Å². The normalized spacial score (nSPS) is 21.5. The topological polar surface area (TPSA) is 64.1 Å². The number of halogens is 1. The molecule has 1 atom stereocenters. The van der Waals surface area contributed by atoms with Crippen LogP contribution in [-0.2, 0) is 4.74 Å². The van der Waals surface area contributed by atoms with Crippen LogP contribution < -0.4 is 11.2 Å². The van der Waals surface area contributed by atoms with Gasteiger partial charge in [-0.05, 0) is 0 Å². The van der Waals surface area contributed by atoms with E-state index < -0.39 is 17.1 Å². The Morgan fingerprint density at radius 1 is 1.60 bits per heavy atom. The number of hydrogen-bond donors (Lipinski definition) is 1. The zero-order chi connectivity index (χ0) is 10.8. The van der Waals surface area contributed by atoms with Gasteiger partial charge in [-0.1, -0.05) is 0 Å². The standard InChI is InChI=1S/C8H9FN2O3S/c9-5-3-11(8(13)10-7(5)12)6-4-14-1-2-15-6/h3,6H,1-2,4H2,(H,10,12,13). The van der Waals surface area contributed by atoms with Gasteiger partial charge in [-0.2, -0.15) is 4.39 Å². The van der Waals surface area contributed by atoms with E-state index in [0.29, 0.717) is 13.2 Å². The number of thioether (sulfide) groups is 1. The van der Waals surface area contributed by atoms with Gasteiger partial charge >= 0.3 is 5.69 Å². The number of H-pyrrole nitrogens is 1. The van der Waals surface area contributed by atoms with Gasteiger partial charge < -0.3 is 4.74 Å². The van der Waals surface area contributed by atoms with Gasteiger partial charge in [0.15, 0.2) is 0 Å². The number of nitrogens with zero attached hydrogens (tertiary/aromatic N) is 1. The summed E-state index contributed by atoms with van der Waals surface area (Å²) in [4.78, 5) is 24.1. The molecule has 0 radical (unpaired) electrons. The Balaban J connectivity index is 2.39. The lowest BCUT2D eigenvalue weighted by Gasteiger charge is -2.23. The molecular formula is C8H9FN2O3S. The monoisotopic (exact) mass is 232 g/mol. The molecule has 1 fully saturated rings. The van der Waals surface area contributed by atoms with E-state index in [1.807, 2.05) is 4.98 Å². The van der Waals surface area contributed by atoms with E-state index in [-0.39, 0.29) is 5.37 Å². The molecule has 0 saturated carbocycles. The molecule has 2 rings (SSSR count). The van der Waals surface area contributed by atoms with Crippen molar-refractivity contribution in [3.8, 4) is 0 Å². The zero-order valence-corrected chi connectivity index (χ0v) is 8.55. The molecule has 2 heterocycles. The fraction of sp³-hybridized carbons (Fsp3) is 0.500. The summed E-state index contributed by atoms with van der Waals surface area (Å²) in [5.74, 6) is -0.210.